The highest BCUT2D eigenvalue weighted by Crippen LogP contribution is 2.25. The molecule has 2 N–H and O–H groups in total. The summed E-state index contributed by atoms with van der Waals surface area (Å²) < 4.78 is 19.6. The van der Waals surface area contributed by atoms with Crippen LogP contribution in [0.15, 0.2) is 65.1 Å². The molecule has 0 bridgehead atoms. The van der Waals surface area contributed by atoms with Gasteiger partial charge >= 0.3 is 6.03 Å². The molecule has 0 radical (unpaired) electrons. The molecule has 166 valence electrons. The van der Waals surface area contributed by atoms with E-state index in [4.69, 9.17) is 4.42 Å². The van der Waals surface area contributed by atoms with Crippen molar-refractivity contribution in [2.24, 2.45) is 0 Å². The average molecular weight is 435 g/mol. The number of halogens is 1. The van der Waals surface area contributed by atoms with Crippen molar-refractivity contribution >= 4 is 17.6 Å². The first-order valence-electron chi connectivity index (χ1n) is 10.8. The van der Waals surface area contributed by atoms with Gasteiger partial charge in [0.25, 0.3) is 0 Å². The van der Waals surface area contributed by atoms with Crippen LogP contribution in [0.4, 0.5) is 14.9 Å². The quantitative estimate of drug-likeness (QED) is 0.551. The lowest BCUT2D eigenvalue weighted by Gasteiger charge is -2.16. The number of carbonyl (C=O) groups is 2. The van der Waals surface area contributed by atoms with Crippen LogP contribution in [0.25, 0.3) is 11.3 Å². The zero-order chi connectivity index (χ0) is 22.3. The van der Waals surface area contributed by atoms with E-state index in [0.29, 0.717) is 35.7 Å². The lowest BCUT2D eigenvalue weighted by atomic mass is 10.1. The number of nitrogens with zero attached hydrogens (tertiary/aromatic N) is 1. The molecule has 2 heterocycles. The van der Waals surface area contributed by atoms with Crippen LogP contribution in [-0.4, -0.2) is 29.9 Å². The lowest BCUT2D eigenvalue weighted by Crippen LogP contribution is -2.32. The Morgan fingerprint density at radius 2 is 1.81 bits per heavy atom. The summed E-state index contributed by atoms with van der Waals surface area (Å²) in [6.45, 7) is 1.95. The Morgan fingerprint density at radius 1 is 1.00 bits per heavy atom. The second-order valence-corrected chi connectivity index (χ2v) is 7.85. The van der Waals surface area contributed by atoms with Crippen LogP contribution >= 0.6 is 0 Å². The highest BCUT2D eigenvalue weighted by molar-refractivity contribution is 5.89. The van der Waals surface area contributed by atoms with Gasteiger partial charge in [0.15, 0.2) is 0 Å². The Balaban J connectivity index is 1.25. The van der Waals surface area contributed by atoms with Gasteiger partial charge in [0.05, 0.1) is 5.56 Å². The molecular formula is C25H26FN3O3. The molecule has 0 spiro atoms. The van der Waals surface area contributed by atoms with Gasteiger partial charge in [-0.05, 0) is 54.8 Å². The largest absolute Gasteiger partial charge is 0.461 e. The zero-order valence-corrected chi connectivity index (χ0v) is 17.8. The van der Waals surface area contributed by atoms with Crippen molar-refractivity contribution in [3.05, 3.63) is 77.8 Å². The van der Waals surface area contributed by atoms with E-state index in [-0.39, 0.29) is 24.2 Å². The monoisotopic (exact) mass is 435 g/mol. The SMILES string of the molecule is O=C(CCc1ccc(-c2ccccc2F)o1)NCc1cccc(NC(=O)N2CCCC2)c1. The van der Waals surface area contributed by atoms with Gasteiger partial charge in [-0.2, -0.15) is 0 Å². The maximum absolute atomic E-state index is 13.9. The number of hydrogen-bond donors (Lipinski definition) is 2. The number of urea groups is 1. The van der Waals surface area contributed by atoms with Crippen LogP contribution in [0.2, 0.25) is 0 Å². The zero-order valence-electron chi connectivity index (χ0n) is 17.8. The van der Waals surface area contributed by atoms with E-state index in [1.807, 2.05) is 24.3 Å². The highest BCUT2D eigenvalue weighted by Gasteiger charge is 2.17. The molecule has 1 fully saturated rings. The first-order chi connectivity index (χ1) is 15.6. The van der Waals surface area contributed by atoms with Crippen molar-refractivity contribution in [3.8, 4) is 11.3 Å². The number of carbonyl (C=O) groups excluding carboxylic acids is 2. The molecule has 1 aliphatic heterocycles. The second-order valence-electron chi connectivity index (χ2n) is 7.85. The molecule has 1 saturated heterocycles. The Hall–Kier alpha value is -3.61. The second kappa shape index (κ2) is 10.1. The van der Waals surface area contributed by atoms with Gasteiger partial charge in [-0.25, -0.2) is 9.18 Å². The van der Waals surface area contributed by atoms with Crippen molar-refractivity contribution in [3.63, 3.8) is 0 Å². The van der Waals surface area contributed by atoms with Crippen LogP contribution in [0, 0.1) is 5.82 Å². The first kappa shape index (κ1) is 21.6. The minimum Gasteiger partial charge on any atom is -0.461 e. The molecule has 0 saturated carbocycles. The fraction of sp³-hybridized carbons (Fsp3) is 0.280. The number of rotatable bonds is 7. The maximum atomic E-state index is 13.9. The van der Waals surface area contributed by atoms with Gasteiger partial charge in [0.1, 0.15) is 17.3 Å². The predicted octanol–water partition coefficient (Wildman–Crippen LogP) is 4.96. The topological polar surface area (TPSA) is 74.6 Å². The van der Waals surface area contributed by atoms with Crippen LogP contribution in [0.3, 0.4) is 0 Å². The first-order valence-corrected chi connectivity index (χ1v) is 10.8. The lowest BCUT2D eigenvalue weighted by molar-refractivity contribution is -0.121. The van der Waals surface area contributed by atoms with E-state index < -0.39 is 0 Å². The maximum Gasteiger partial charge on any atom is 0.321 e. The van der Waals surface area contributed by atoms with Crippen molar-refractivity contribution in [1.29, 1.82) is 0 Å². The summed E-state index contributed by atoms with van der Waals surface area (Å²) in [5.41, 5.74) is 2.02. The molecule has 1 aliphatic rings. The standard InChI is InChI=1S/C25H26FN3O3/c26-22-9-2-1-8-21(22)23-12-10-20(32-23)11-13-24(30)27-17-18-6-5-7-19(16-18)28-25(31)29-14-3-4-15-29/h1-2,5-10,12,16H,3-4,11,13-15,17H2,(H,27,30)(H,28,31). The average Bonchev–Trinajstić information content (AvgIpc) is 3.49. The third kappa shape index (κ3) is 5.55. The number of aryl methyl sites for hydroxylation is 1. The summed E-state index contributed by atoms with van der Waals surface area (Å²) in [5.74, 6) is 0.627. The smallest absolute Gasteiger partial charge is 0.321 e. The van der Waals surface area contributed by atoms with Crippen molar-refractivity contribution in [1.82, 2.24) is 10.2 Å². The normalized spacial score (nSPS) is 13.2. The molecule has 0 atom stereocenters. The van der Waals surface area contributed by atoms with E-state index >= 15 is 0 Å². The minimum absolute atomic E-state index is 0.0862. The summed E-state index contributed by atoms with van der Waals surface area (Å²) in [4.78, 5) is 26.3. The number of amides is 3. The third-order valence-electron chi connectivity index (χ3n) is 5.46. The molecule has 3 aromatic rings. The van der Waals surface area contributed by atoms with Crippen molar-refractivity contribution in [2.45, 2.75) is 32.2 Å². The highest BCUT2D eigenvalue weighted by atomic mass is 19.1. The van der Waals surface area contributed by atoms with E-state index in [0.717, 1.165) is 31.5 Å². The molecule has 1 aromatic heterocycles. The number of anilines is 1. The van der Waals surface area contributed by atoms with Gasteiger partial charge in [0.2, 0.25) is 5.91 Å². The number of benzene rings is 2. The number of furan rings is 1. The Morgan fingerprint density at radius 3 is 2.62 bits per heavy atom. The van der Waals surface area contributed by atoms with Gasteiger partial charge in [-0.1, -0.05) is 24.3 Å². The van der Waals surface area contributed by atoms with Crippen LogP contribution in [0.5, 0.6) is 0 Å². The third-order valence-corrected chi connectivity index (χ3v) is 5.46. The molecule has 7 heteroatoms. The summed E-state index contributed by atoms with van der Waals surface area (Å²) in [6.07, 6.45) is 2.77. The van der Waals surface area contributed by atoms with E-state index in [2.05, 4.69) is 10.6 Å². The van der Waals surface area contributed by atoms with Gasteiger partial charge in [0, 0.05) is 38.2 Å². The van der Waals surface area contributed by atoms with E-state index in [9.17, 15) is 14.0 Å². The van der Waals surface area contributed by atoms with Crippen LogP contribution < -0.4 is 10.6 Å². The summed E-state index contributed by atoms with van der Waals surface area (Å²) in [6, 6.07) is 17.3. The number of likely N-dealkylation sites (tertiary alicyclic amines) is 1. The van der Waals surface area contributed by atoms with E-state index in [1.165, 1.54) is 6.07 Å². The fourth-order valence-corrected chi connectivity index (χ4v) is 3.73. The molecule has 32 heavy (non-hydrogen) atoms. The van der Waals surface area contributed by atoms with Crippen molar-refractivity contribution in [2.75, 3.05) is 18.4 Å². The Kier molecular flexibility index (Phi) is 6.84. The predicted molar refractivity (Wildman–Crippen MR) is 121 cm³/mol. The number of hydrogen-bond acceptors (Lipinski definition) is 3. The summed E-state index contributed by atoms with van der Waals surface area (Å²) in [7, 11) is 0. The molecule has 4 rings (SSSR count). The summed E-state index contributed by atoms with van der Waals surface area (Å²) in [5, 5.41) is 5.80. The van der Waals surface area contributed by atoms with Gasteiger partial charge in [-0.15, -0.1) is 0 Å². The Labute approximate surface area is 186 Å². The molecular weight excluding hydrogens is 409 g/mol. The van der Waals surface area contributed by atoms with Crippen LogP contribution in [-0.2, 0) is 17.8 Å². The summed E-state index contributed by atoms with van der Waals surface area (Å²) >= 11 is 0. The van der Waals surface area contributed by atoms with E-state index in [1.54, 1.807) is 35.2 Å². The minimum atomic E-state index is -0.343. The molecule has 6 nitrogen and oxygen atoms in total. The fourth-order valence-electron chi connectivity index (χ4n) is 3.73. The number of nitrogens with one attached hydrogen (secondary N) is 2. The molecule has 3 amide bonds. The van der Waals surface area contributed by atoms with Gasteiger partial charge < -0.3 is 20.0 Å². The molecule has 0 aliphatic carbocycles. The van der Waals surface area contributed by atoms with Crippen LogP contribution in [0.1, 0.15) is 30.6 Å². The Bertz CT molecular complexity index is 1090. The molecule has 0 unspecified atom stereocenters. The van der Waals surface area contributed by atoms with Gasteiger partial charge in [-0.3, -0.25) is 4.79 Å². The molecule has 2 aromatic carbocycles. The van der Waals surface area contributed by atoms with Crippen molar-refractivity contribution < 1.29 is 18.4 Å².